The number of aryl methyl sites for hydroxylation is 1. The highest BCUT2D eigenvalue weighted by molar-refractivity contribution is 9.11. The van der Waals surface area contributed by atoms with Crippen molar-refractivity contribution in [2.75, 3.05) is 0 Å². The lowest BCUT2D eigenvalue weighted by atomic mass is 10.0. The molecule has 2 unspecified atom stereocenters. The van der Waals surface area contributed by atoms with Crippen LogP contribution in [0.25, 0.3) is 0 Å². The molecule has 2 rings (SSSR count). The standard InChI is InChI=1S/C12H19BrN2O2S2/c1-8-7-11(18-12(8)13)19(16,17)14-15-9(2)5-4-6-10(15)3/h7,9-10,14H,4-6H2,1-3H3. The number of nitrogens with one attached hydrogen (secondary N) is 1. The van der Waals surface area contributed by atoms with Gasteiger partial charge in [-0.3, -0.25) is 0 Å². The lowest BCUT2D eigenvalue weighted by Gasteiger charge is -2.38. The highest BCUT2D eigenvalue weighted by Gasteiger charge is 2.30. The largest absolute Gasteiger partial charge is 0.262 e. The molecule has 0 aliphatic carbocycles. The first-order valence-corrected chi connectivity index (χ1v) is 9.47. The minimum Gasteiger partial charge on any atom is -0.225 e. The molecule has 1 saturated heterocycles. The van der Waals surface area contributed by atoms with Crippen LogP contribution in [0.3, 0.4) is 0 Å². The second-order valence-electron chi connectivity index (χ2n) is 5.15. The van der Waals surface area contributed by atoms with Crippen LogP contribution in [-0.4, -0.2) is 25.5 Å². The van der Waals surface area contributed by atoms with Gasteiger partial charge in [-0.15, -0.1) is 16.2 Å². The van der Waals surface area contributed by atoms with E-state index >= 15 is 0 Å². The van der Waals surface area contributed by atoms with E-state index in [-0.39, 0.29) is 12.1 Å². The Hall–Kier alpha value is 0.0500. The molecule has 19 heavy (non-hydrogen) atoms. The third-order valence-electron chi connectivity index (χ3n) is 3.52. The van der Waals surface area contributed by atoms with Crippen LogP contribution in [0.4, 0.5) is 0 Å². The molecule has 1 aromatic heterocycles. The van der Waals surface area contributed by atoms with E-state index in [1.807, 2.05) is 11.9 Å². The molecule has 1 aromatic rings. The Morgan fingerprint density at radius 3 is 2.42 bits per heavy atom. The summed E-state index contributed by atoms with van der Waals surface area (Å²) in [5.74, 6) is 0. The number of hydrogen-bond donors (Lipinski definition) is 1. The molecule has 1 N–H and O–H groups in total. The molecule has 1 aliphatic heterocycles. The Kier molecular flexibility index (Phi) is 4.72. The van der Waals surface area contributed by atoms with Crippen LogP contribution in [0.2, 0.25) is 0 Å². The van der Waals surface area contributed by atoms with Gasteiger partial charge < -0.3 is 0 Å². The van der Waals surface area contributed by atoms with Crippen molar-refractivity contribution in [2.45, 2.75) is 56.3 Å². The number of piperidine rings is 1. The van der Waals surface area contributed by atoms with Crippen LogP contribution in [0, 0.1) is 6.92 Å². The van der Waals surface area contributed by atoms with Crippen molar-refractivity contribution >= 4 is 37.3 Å². The van der Waals surface area contributed by atoms with Crippen LogP contribution in [-0.2, 0) is 10.0 Å². The van der Waals surface area contributed by atoms with Crippen molar-refractivity contribution < 1.29 is 8.42 Å². The topological polar surface area (TPSA) is 49.4 Å². The Balaban J connectivity index is 2.21. The summed E-state index contributed by atoms with van der Waals surface area (Å²) < 4.78 is 26.0. The van der Waals surface area contributed by atoms with Crippen molar-refractivity contribution in [1.29, 1.82) is 0 Å². The minimum atomic E-state index is -3.46. The smallest absolute Gasteiger partial charge is 0.225 e. The van der Waals surface area contributed by atoms with E-state index in [9.17, 15) is 8.42 Å². The molecular weight excluding hydrogens is 348 g/mol. The Labute approximate surface area is 127 Å². The van der Waals surface area contributed by atoms with Gasteiger partial charge in [0, 0.05) is 12.1 Å². The summed E-state index contributed by atoms with van der Waals surface area (Å²) >= 11 is 4.62. The number of rotatable bonds is 3. The van der Waals surface area contributed by atoms with E-state index in [0.717, 1.165) is 28.6 Å². The number of hydrogen-bond acceptors (Lipinski definition) is 4. The molecule has 0 aromatic carbocycles. The van der Waals surface area contributed by atoms with Gasteiger partial charge in [-0.05, 0) is 61.2 Å². The molecule has 1 fully saturated rings. The molecule has 108 valence electrons. The fourth-order valence-corrected chi connectivity index (χ4v) is 5.80. The van der Waals surface area contributed by atoms with Gasteiger partial charge in [0.05, 0.1) is 3.79 Å². The molecule has 0 amide bonds. The molecule has 0 saturated carbocycles. The number of thiophene rings is 1. The number of nitrogens with zero attached hydrogens (tertiary/aromatic N) is 1. The van der Waals surface area contributed by atoms with Crippen molar-refractivity contribution in [1.82, 2.24) is 9.84 Å². The van der Waals surface area contributed by atoms with E-state index in [2.05, 4.69) is 34.6 Å². The molecular formula is C12H19BrN2O2S2. The summed E-state index contributed by atoms with van der Waals surface area (Å²) in [7, 11) is -3.46. The highest BCUT2D eigenvalue weighted by atomic mass is 79.9. The lowest BCUT2D eigenvalue weighted by molar-refractivity contribution is 0.0791. The number of hydrazine groups is 1. The Morgan fingerprint density at radius 2 is 1.95 bits per heavy atom. The maximum absolute atomic E-state index is 12.4. The van der Waals surface area contributed by atoms with E-state index in [0.29, 0.717) is 4.21 Å². The summed E-state index contributed by atoms with van der Waals surface area (Å²) in [5.41, 5.74) is 0.949. The zero-order chi connectivity index (χ0) is 14.2. The number of halogens is 1. The monoisotopic (exact) mass is 366 g/mol. The van der Waals surface area contributed by atoms with Crippen LogP contribution >= 0.6 is 27.3 Å². The van der Waals surface area contributed by atoms with Gasteiger partial charge in [0.15, 0.2) is 0 Å². The molecule has 7 heteroatoms. The molecule has 0 bridgehead atoms. The summed E-state index contributed by atoms with van der Waals surface area (Å²) in [6.45, 7) is 6.02. The fraction of sp³-hybridized carbons (Fsp3) is 0.667. The van der Waals surface area contributed by atoms with E-state index < -0.39 is 10.0 Å². The van der Waals surface area contributed by atoms with Crippen LogP contribution in [0.15, 0.2) is 14.1 Å². The van der Waals surface area contributed by atoms with Crippen molar-refractivity contribution in [2.24, 2.45) is 0 Å². The van der Waals surface area contributed by atoms with Gasteiger partial charge in [0.1, 0.15) is 4.21 Å². The summed E-state index contributed by atoms with van der Waals surface area (Å²) in [6.07, 6.45) is 3.21. The van der Waals surface area contributed by atoms with Gasteiger partial charge in [-0.1, -0.05) is 6.42 Å². The van der Waals surface area contributed by atoms with Crippen molar-refractivity contribution in [3.8, 4) is 0 Å². The normalized spacial score (nSPS) is 25.7. The summed E-state index contributed by atoms with van der Waals surface area (Å²) in [4.78, 5) is 2.75. The molecule has 0 spiro atoms. The zero-order valence-electron chi connectivity index (χ0n) is 11.3. The Morgan fingerprint density at radius 1 is 1.37 bits per heavy atom. The van der Waals surface area contributed by atoms with E-state index in [1.54, 1.807) is 6.07 Å². The first kappa shape index (κ1) is 15.4. The predicted molar refractivity (Wildman–Crippen MR) is 81.7 cm³/mol. The quantitative estimate of drug-likeness (QED) is 0.892. The maximum Gasteiger partial charge on any atom is 0.262 e. The van der Waals surface area contributed by atoms with Gasteiger partial charge >= 0.3 is 0 Å². The first-order chi connectivity index (χ1) is 8.81. The predicted octanol–water partition coefficient (Wildman–Crippen LogP) is 3.28. The van der Waals surface area contributed by atoms with Gasteiger partial charge in [-0.25, -0.2) is 13.4 Å². The third-order valence-corrected chi connectivity index (χ3v) is 7.46. The maximum atomic E-state index is 12.4. The molecule has 4 nitrogen and oxygen atoms in total. The minimum absolute atomic E-state index is 0.239. The van der Waals surface area contributed by atoms with Crippen molar-refractivity contribution in [3.05, 3.63) is 15.4 Å². The lowest BCUT2D eigenvalue weighted by Crippen LogP contribution is -2.53. The SMILES string of the molecule is Cc1cc(S(=O)(=O)NN2C(C)CCCC2C)sc1Br. The zero-order valence-corrected chi connectivity index (χ0v) is 14.5. The fourth-order valence-electron chi connectivity index (χ4n) is 2.35. The van der Waals surface area contributed by atoms with Crippen LogP contribution in [0.1, 0.15) is 38.7 Å². The van der Waals surface area contributed by atoms with E-state index in [4.69, 9.17) is 0 Å². The van der Waals surface area contributed by atoms with Gasteiger partial charge in [-0.2, -0.15) is 0 Å². The molecule has 2 atom stereocenters. The highest BCUT2D eigenvalue weighted by Crippen LogP contribution is 2.31. The van der Waals surface area contributed by atoms with Gasteiger partial charge in [0.2, 0.25) is 0 Å². The summed E-state index contributed by atoms with van der Waals surface area (Å²) in [6, 6.07) is 2.18. The van der Waals surface area contributed by atoms with E-state index in [1.165, 1.54) is 11.3 Å². The molecule has 0 radical (unpaired) electrons. The second-order valence-corrected chi connectivity index (χ2v) is 9.41. The molecule has 1 aliphatic rings. The average molecular weight is 367 g/mol. The van der Waals surface area contributed by atoms with Crippen LogP contribution in [0.5, 0.6) is 0 Å². The summed E-state index contributed by atoms with van der Waals surface area (Å²) in [5, 5.41) is 1.88. The van der Waals surface area contributed by atoms with Crippen molar-refractivity contribution in [3.63, 3.8) is 0 Å². The average Bonchev–Trinajstić information content (AvgIpc) is 2.66. The Bertz CT molecular complexity index is 527. The van der Waals surface area contributed by atoms with Crippen LogP contribution < -0.4 is 4.83 Å². The first-order valence-electron chi connectivity index (χ1n) is 6.38. The number of sulfonamides is 1. The third kappa shape index (κ3) is 3.39. The molecule has 2 heterocycles. The van der Waals surface area contributed by atoms with Gasteiger partial charge in [0.25, 0.3) is 10.0 Å². The second kappa shape index (κ2) is 5.81.